The third-order valence-corrected chi connectivity index (χ3v) is 7.53. The van der Waals surface area contributed by atoms with Gasteiger partial charge < -0.3 is 0 Å². The Bertz CT molecular complexity index is 1200. The van der Waals surface area contributed by atoms with Crippen molar-refractivity contribution in [1.29, 1.82) is 0 Å². The molecule has 0 atom stereocenters. The molecule has 0 fully saturated rings. The van der Waals surface area contributed by atoms with Crippen LogP contribution in [0.1, 0.15) is 11.1 Å². The SMILES string of the molecule is C(=Cc1cccc2ccccc12)c1csc(-c2cccs2)c1-c1cccs1. The summed E-state index contributed by atoms with van der Waals surface area (Å²) >= 11 is 5.45. The molecule has 0 saturated heterocycles. The highest BCUT2D eigenvalue weighted by atomic mass is 32.1. The largest absolute Gasteiger partial charge is 0.144 e. The molecule has 0 aliphatic heterocycles. The van der Waals surface area contributed by atoms with Gasteiger partial charge in [-0.15, -0.1) is 34.0 Å². The van der Waals surface area contributed by atoms with E-state index in [2.05, 4.69) is 95.0 Å². The lowest BCUT2D eigenvalue weighted by molar-refractivity contribution is 1.71. The van der Waals surface area contributed by atoms with Gasteiger partial charge in [-0.1, -0.05) is 66.7 Å². The van der Waals surface area contributed by atoms with Crippen LogP contribution < -0.4 is 0 Å². The van der Waals surface area contributed by atoms with E-state index in [1.165, 1.54) is 42.1 Å². The van der Waals surface area contributed by atoms with Gasteiger partial charge in [-0.25, -0.2) is 0 Å². The summed E-state index contributed by atoms with van der Waals surface area (Å²) in [4.78, 5) is 4.04. The number of benzene rings is 2. The molecule has 3 heterocycles. The van der Waals surface area contributed by atoms with Gasteiger partial charge in [0.2, 0.25) is 0 Å². The van der Waals surface area contributed by atoms with Crippen LogP contribution >= 0.6 is 34.0 Å². The zero-order valence-electron chi connectivity index (χ0n) is 14.5. The quantitative estimate of drug-likeness (QED) is 0.283. The molecule has 0 spiro atoms. The summed E-state index contributed by atoms with van der Waals surface area (Å²) in [5, 5.41) is 9.17. The molecule has 3 heteroatoms. The number of hydrogen-bond donors (Lipinski definition) is 0. The van der Waals surface area contributed by atoms with Crippen LogP contribution in [-0.4, -0.2) is 0 Å². The summed E-state index contributed by atoms with van der Waals surface area (Å²) in [5.74, 6) is 0. The third kappa shape index (κ3) is 3.19. The molecule has 0 aliphatic carbocycles. The first kappa shape index (κ1) is 16.7. The second kappa shape index (κ2) is 7.28. The maximum absolute atomic E-state index is 2.28. The van der Waals surface area contributed by atoms with Crippen LogP contribution in [0.5, 0.6) is 0 Å². The molecule has 0 radical (unpaired) electrons. The van der Waals surface area contributed by atoms with Crippen LogP contribution in [0.4, 0.5) is 0 Å². The Kier molecular flexibility index (Phi) is 4.50. The number of hydrogen-bond acceptors (Lipinski definition) is 3. The van der Waals surface area contributed by atoms with E-state index >= 15 is 0 Å². The summed E-state index contributed by atoms with van der Waals surface area (Å²) in [7, 11) is 0. The number of rotatable bonds is 4. The molecule has 5 rings (SSSR count). The molecule has 0 unspecified atom stereocenters. The van der Waals surface area contributed by atoms with Crippen LogP contribution in [-0.2, 0) is 0 Å². The van der Waals surface area contributed by atoms with E-state index in [4.69, 9.17) is 0 Å². The highest BCUT2D eigenvalue weighted by molar-refractivity contribution is 7.21. The smallest absolute Gasteiger partial charge is 0.0535 e. The lowest BCUT2D eigenvalue weighted by Gasteiger charge is -2.04. The Labute approximate surface area is 170 Å². The minimum atomic E-state index is 1.26. The monoisotopic (exact) mass is 400 g/mol. The molecule has 0 amide bonds. The van der Waals surface area contributed by atoms with E-state index in [9.17, 15) is 0 Å². The van der Waals surface area contributed by atoms with Gasteiger partial charge in [0, 0.05) is 15.3 Å². The van der Waals surface area contributed by atoms with Gasteiger partial charge in [0.05, 0.1) is 4.88 Å². The fourth-order valence-corrected chi connectivity index (χ4v) is 6.13. The average molecular weight is 401 g/mol. The molecule has 27 heavy (non-hydrogen) atoms. The minimum Gasteiger partial charge on any atom is -0.144 e. The van der Waals surface area contributed by atoms with Crippen LogP contribution in [0.3, 0.4) is 0 Å². The summed E-state index contributed by atoms with van der Waals surface area (Å²) in [6.07, 6.45) is 4.52. The van der Waals surface area contributed by atoms with Gasteiger partial charge in [0.25, 0.3) is 0 Å². The van der Waals surface area contributed by atoms with E-state index in [-0.39, 0.29) is 0 Å². The zero-order chi connectivity index (χ0) is 18.1. The first-order chi connectivity index (χ1) is 13.4. The van der Waals surface area contributed by atoms with Gasteiger partial charge in [-0.3, -0.25) is 0 Å². The standard InChI is InChI=1S/C24H16S3/c1-2-9-20-17(6-1)7-3-8-18(20)12-13-19-16-27-24(22-11-5-15-26-22)23(19)21-10-4-14-25-21/h1-16H. The van der Waals surface area contributed by atoms with Gasteiger partial charge in [0.15, 0.2) is 0 Å². The molecule has 5 aromatic rings. The van der Waals surface area contributed by atoms with E-state index in [1.807, 2.05) is 34.0 Å². The highest BCUT2D eigenvalue weighted by Crippen LogP contribution is 2.44. The Balaban J connectivity index is 1.62. The molecule has 0 nitrogen and oxygen atoms in total. The Hall–Kier alpha value is -2.46. The molecule has 2 aromatic carbocycles. The topological polar surface area (TPSA) is 0 Å². The van der Waals surface area contributed by atoms with Crippen molar-refractivity contribution in [3.05, 3.63) is 94.0 Å². The van der Waals surface area contributed by atoms with Crippen molar-refractivity contribution in [2.45, 2.75) is 0 Å². The lowest BCUT2D eigenvalue weighted by atomic mass is 10.0. The number of fused-ring (bicyclic) bond motifs is 1. The summed E-state index contributed by atoms with van der Waals surface area (Å²) in [5.41, 5.74) is 3.90. The van der Waals surface area contributed by atoms with Crippen molar-refractivity contribution in [2.24, 2.45) is 0 Å². The molecule has 130 valence electrons. The van der Waals surface area contributed by atoms with Gasteiger partial charge in [0.1, 0.15) is 0 Å². The zero-order valence-corrected chi connectivity index (χ0v) is 16.9. The van der Waals surface area contributed by atoms with Crippen molar-refractivity contribution in [3.8, 4) is 20.2 Å². The minimum absolute atomic E-state index is 1.26. The molecule has 3 aromatic heterocycles. The average Bonchev–Trinajstić information content (AvgIpc) is 3.47. The molecule has 0 aliphatic rings. The van der Waals surface area contributed by atoms with Crippen molar-refractivity contribution in [3.63, 3.8) is 0 Å². The van der Waals surface area contributed by atoms with Gasteiger partial charge >= 0.3 is 0 Å². The van der Waals surface area contributed by atoms with E-state index in [0.717, 1.165) is 0 Å². The summed E-state index contributed by atoms with van der Waals surface area (Å²) < 4.78 is 0. The molecule has 0 saturated carbocycles. The maximum Gasteiger partial charge on any atom is 0.0535 e. The fourth-order valence-electron chi connectivity index (χ4n) is 3.33. The predicted molar refractivity (Wildman–Crippen MR) is 124 cm³/mol. The highest BCUT2D eigenvalue weighted by Gasteiger charge is 2.15. The predicted octanol–water partition coefficient (Wildman–Crippen LogP) is 8.53. The van der Waals surface area contributed by atoms with Crippen molar-refractivity contribution < 1.29 is 0 Å². The van der Waals surface area contributed by atoms with E-state index < -0.39 is 0 Å². The first-order valence-electron chi connectivity index (χ1n) is 8.75. The van der Waals surface area contributed by atoms with E-state index in [1.54, 1.807) is 0 Å². The van der Waals surface area contributed by atoms with Crippen LogP contribution in [0.15, 0.2) is 82.9 Å². The lowest BCUT2D eigenvalue weighted by Crippen LogP contribution is -1.79. The van der Waals surface area contributed by atoms with Crippen LogP contribution in [0.25, 0.3) is 43.1 Å². The summed E-state index contributed by atoms with van der Waals surface area (Å²) in [6.45, 7) is 0. The molecular weight excluding hydrogens is 384 g/mol. The van der Waals surface area contributed by atoms with Gasteiger partial charge in [-0.05, 0) is 50.2 Å². The second-order valence-electron chi connectivity index (χ2n) is 6.25. The van der Waals surface area contributed by atoms with Crippen molar-refractivity contribution in [1.82, 2.24) is 0 Å². The van der Waals surface area contributed by atoms with Crippen molar-refractivity contribution in [2.75, 3.05) is 0 Å². The van der Waals surface area contributed by atoms with Gasteiger partial charge in [-0.2, -0.15) is 0 Å². The maximum atomic E-state index is 2.28. The second-order valence-corrected chi connectivity index (χ2v) is 9.03. The number of thiophene rings is 3. The Morgan fingerprint density at radius 1 is 0.593 bits per heavy atom. The van der Waals surface area contributed by atoms with Crippen LogP contribution in [0, 0.1) is 0 Å². The van der Waals surface area contributed by atoms with E-state index in [0.29, 0.717) is 0 Å². The molecule has 0 bridgehead atoms. The Morgan fingerprint density at radius 2 is 1.33 bits per heavy atom. The normalized spacial score (nSPS) is 11.6. The Morgan fingerprint density at radius 3 is 2.15 bits per heavy atom. The third-order valence-electron chi connectivity index (χ3n) is 4.60. The first-order valence-corrected chi connectivity index (χ1v) is 11.4. The van der Waals surface area contributed by atoms with Crippen molar-refractivity contribution >= 4 is 56.9 Å². The summed E-state index contributed by atoms with van der Waals surface area (Å²) in [6, 6.07) is 23.8. The van der Waals surface area contributed by atoms with Crippen LogP contribution in [0.2, 0.25) is 0 Å². The molecule has 0 N–H and O–H groups in total. The fraction of sp³-hybridized carbons (Fsp3) is 0. The molecular formula is C24H16S3.